The lowest BCUT2D eigenvalue weighted by Crippen LogP contribution is -2.14. The van der Waals surface area contributed by atoms with Crippen LogP contribution in [-0.4, -0.2) is 18.5 Å². The summed E-state index contributed by atoms with van der Waals surface area (Å²) >= 11 is 6.87. The molecule has 6 heteroatoms. The van der Waals surface area contributed by atoms with Gasteiger partial charge in [0.05, 0.1) is 17.1 Å². The number of fused-ring (bicyclic) bond motifs is 1. The van der Waals surface area contributed by atoms with Gasteiger partial charge in [-0.15, -0.1) is 0 Å². The number of hydrogen-bond acceptors (Lipinski definition) is 4. The Kier molecular flexibility index (Phi) is 4.37. The third-order valence-corrected chi connectivity index (χ3v) is 4.34. The molecule has 1 aliphatic heterocycles. The van der Waals surface area contributed by atoms with Crippen LogP contribution in [0.15, 0.2) is 45.3 Å². The summed E-state index contributed by atoms with van der Waals surface area (Å²) in [6.07, 6.45) is 0. The van der Waals surface area contributed by atoms with Gasteiger partial charge in [-0.1, -0.05) is 15.9 Å². The lowest BCUT2D eigenvalue weighted by Gasteiger charge is -2.19. The second-order valence-electron chi connectivity index (χ2n) is 4.62. The first-order valence-corrected chi connectivity index (χ1v) is 7.98. The third-order valence-electron chi connectivity index (χ3n) is 3.22. The van der Waals surface area contributed by atoms with Crippen LogP contribution in [0.3, 0.4) is 0 Å². The van der Waals surface area contributed by atoms with Gasteiger partial charge in [0.1, 0.15) is 0 Å². The number of ether oxygens (including phenoxy) is 2. The van der Waals surface area contributed by atoms with Crippen LogP contribution in [0.4, 0.5) is 5.69 Å². The molecule has 0 spiro atoms. The zero-order valence-electron chi connectivity index (χ0n) is 11.0. The van der Waals surface area contributed by atoms with Crippen molar-refractivity contribution in [3.63, 3.8) is 0 Å². The molecule has 0 fully saturated rings. The zero-order chi connectivity index (χ0) is 14.8. The van der Waals surface area contributed by atoms with E-state index in [1.54, 1.807) is 0 Å². The molecule has 110 valence electrons. The molecule has 0 aliphatic carbocycles. The predicted molar refractivity (Wildman–Crippen MR) is 87.9 cm³/mol. The first-order valence-electron chi connectivity index (χ1n) is 6.39. The molecule has 1 atom stereocenters. The Balaban J connectivity index is 1.86. The highest BCUT2D eigenvalue weighted by Crippen LogP contribution is 2.41. The highest BCUT2D eigenvalue weighted by molar-refractivity contribution is 9.10. The van der Waals surface area contributed by atoms with E-state index in [0.717, 1.165) is 20.2 Å². The number of rotatable bonds is 4. The fraction of sp³-hybridized carbons (Fsp3) is 0.200. The number of aliphatic hydroxyl groups excluding tert-OH is 1. The van der Waals surface area contributed by atoms with E-state index in [0.29, 0.717) is 11.5 Å². The van der Waals surface area contributed by atoms with E-state index in [-0.39, 0.29) is 19.4 Å². The lowest BCUT2D eigenvalue weighted by molar-refractivity contribution is 0.173. The quantitative estimate of drug-likeness (QED) is 0.791. The molecular formula is C15H13Br2NO3. The summed E-state index contributed by atoms with van der Waals surface area (Å²) in [4.78, 5) is 0. The average Bonchev–Trinajstić information content (AvgIpc) is 2.95. The lowest BCUT2D eigenvalue weighted by atomic mass is 10.1. The van der Waals surface area contributed by atoms with Gasteiger partial charge >= 0.3 is 0 Å². The molecule has 0 aromatic heterocycles. The van der Waals surface area contributed by atoms with E-state index in [9.17, 15) is 5.11 Å². The first-order chi connectivity index (χ1) is 10.2. The Labute approximate surface area is 139 Å². The van der Waals surface area contributed by atoms with Gasteiger partial charge in [0.2, 0.25) is 6.79 Å². The number of nitrogens with one attached hydrogen (secondary N) is 1. The van der Waals surface area contributed by atoms with Crippen LogP contribution in [0.1, 0.15) is 11.6 Å². The monoisotopic (exact) mass is 413 g/mol. The molecule has 0 saturated carbocycles. The highest BCUT2D eigenvalue weighted by atomic mass is 79.9. The highest BCUT2D eigenvalue weighted by Gasteiger charge is 2.21. The molecule has 1 aliphatic rings. The summed E-state index contributed by atoms with van der Waals surface area (Å²) in [5.41, 5.74) is 1.86. The van der Waals surface area contributed by atoms with Crippen LogP contribution < -0.4 is 14.8 Å². The van der Waals surface area contributed by atoms with Crippen molar-refractivity contribution >= 4 is 37.5 Å². The molecule has 21 heavy (non-hydrogen) atoms. The Morgan fingerprint density at radius 2 is 1.90 bits per heavy atom. The largest absolute Gasteiger partial charge is 0.454 e. The van der Waals surface area contributed by atoms with Gasteiger partial charge in [0, 0.05) is 10.2 Å². The van der Waals surface area contributed by atoms with Crippen molar-refractivity contribution in [3.05, 3.63) is 50.9 Å². The van der Waals surface area contributed by atoms with Crippen LogP contribution in [-0.2, 0) is 0 Å². The van der Waals surface area contributed by atoms with Crippen molar-refractivity contribution in [2.75, 3.05) is 18.7 Å². The molecule has 0 radical (unpaired) electrons. The van der Waals surface area contributed by atoms with Crippen LogP contribution >= 0.6 is 31.9 Å². The normalized spacial score (nSPS) is 14.0. The Morgan fingerprint density at radius 1 is 1.14 bits per heavy atom. The SMILES string of the molecule is OCC(Nc1ccc(Br)cc1)c1cc(Br)c2c(c1)OCO2. The van der Waals surface area contributed by atoms with E-state index in [1.165, 1.54) is 0 Å². The molecule has 1 heterocycles. The molecular weight excluding hydrogens is 402 g/mol. The van der Waals surface area contributed by atoms with Crippen molar-refractivity contribution in [3.8, 4) is 11.5 Å². The number of benzene rings is 2. The summed E-state index contributed by atoms with van der Waals surface area (Å²) in [6, 6.07) is 11.4. The Hall–Kier alpha value is -1.24. The van der Waals surface area contributed by atoms with E-state index >= 15 is 0 Å². The minimum Gasteiger partial charge on any atom is -0.454 e. The number of aliphatic hydroxyl groups is 1. The van der Waals surface area contributed by atoms with Gasteiger partial charge in [-0.3, -0.25) is 0 Å². The van der Waals surface area contributed by atoms with E-state index in [4.69, 9.17) is 9.47 Å². The number of hydrogen-bond donors (Lipinski definition) is 2. The van der Waals surface area contributed by atoms with Crippen LogP contribution in [0, 0.1) is 0 Å². The van der Waals surface area contributed by atoms with Crippen molar-refractivity contribution < 1.29 is 14.6 Å². The Bertz CT molecular complexity index is 646. The third kappa shape index (κ3) is 3.17. The fourth-order valence-electron chi connectivity index (χ4n) is 2.17. The van der Waals surface area contributed by atoms with Gasteiger partial charge < -0.3 is 19.9 Å². The fourth-order valence-corrected chi connectivity index (χ4v) is 3.01. The maximum atomic E-state index is 9.68. The topological polar surface area (TPSA) is 50.7 Å². The zero-order valence-corrected chi connectivity index (χ0v) is 14.1. The maximum Gasteiger partial charge on any atom is 0.231 e. The van der Waals surface area contributed by atoms with Crippen molar-refractivity contribution in [1.82, 2.24) is 0 Å². The van der Waals surface area contributed by atoms with E-state index in [2.05, 4.69) is 37.2 Å². The predicted octanol–water partition coefficient (Wildman–Crippen LogP) is 4.09. The van der Waals surface area contributed by atoms with Crippen LogP contribution in [0.5, 0.6) is 11.5 Å². The van der Waals surface area contributed by atoms with Crippen LogP contribution in [0.25, 0.3) is 0 Å². The van der Waals surface area contributed by atoms with Crippen molar-refractivity contribution in [1.29, 1.82) is 0 Å². The second kappa shape index (κ2) is 6.25. The second-order valence-corrected chi connectivity index (χ2v) is 6.39. The molecule has 1 unspecified atom stereocenters. The van der Waals surface area contributed by atoms with Crippen LogP contribution in [0.2, 0.25) is 0 Å². The standard InChI is InChI=1S/C15H13Br2NO3/c16-10-1-3-11(4-2-10)18-13(7-19)9-5-12(17)15-14(6-9)20-8-21-15/h1-6,13,18-19H,7-8H2. The van der Waals surface area contributed by atoms with Crippen molar-refractivity contribution in [2.45, 2.75) is 6.04 Å². The molecule has 0 amide bonds. The molecule has 2 aromatic rings. The molecule has 3 rings (SSSR count). The van der Waals surface area contributed by atoms with Crippen molar-refractivity contribution in [2.24, 2.45) is 0 Å². The minimum atomic E-state index is -0.225. The molecule has 0 bridgehead atoms. The summed E-state index contributed by atoms with van der Waals surface area (Å²) in [5, 5.41) is 13.0. The maximum absolute atomic E-state index is 9.68. The summed E-state index contributed by atoms with van der Waals surface area (Å²) in [7, 11) is 0. The van der Waals surface area contributed by atoms with Gasteiger partial charge in [-0.2, -0.15) is 0 Å². The summed E-state index contributed by atoms with van der Waals surface area (Å²) < 4.78 is 12.6. The first kappa shape index (κ1) is 14.7. The molecule has 0 saturated heterocycles. The minimum absolute atomic E-state index is 0.0256. The smallest absolute Gasteiger partial charge is 0.231 e. The number of anilines is 1. The van der Waals surface area contributed by atoms with Gasteiger partial charge in [0.15, 0.2) is 11.5 Å². The Morgan fingerprint density at radius 3 is 2.62 bits per heavy atom. The van der Waals surface area contributed by atoms with Gasteiger partial charge in [0.25, 0.3) is 0 Å². The molecule has 2 N–H and O–H groups in total. The molecule has 4 nitrogen and oxygen atoms in total. The van der Waals surface area contributed by atoms with E-state index in [1.807, 2.05) is 36.4 Å². The number of halogens is 2. The summed E-state index contributed by atoms with van der Waals surface area (Å²) in [6.45, 7) is 0.198. The summed E-state index contributed by atoms with van der Waals surface area (Å²) in [5.74, 6) is 1.40. The molecule has 2 aromatic carbocycles. The van der Waals surface area contributed by atoms with Gasteiger partial charge in [-0.25, -0.2) is 0 Å². The van der Waals surface area contributed by atoms with E-state index < -0.39 is 0 Å². The average molecular weight is 415 g/mol. The van der Waals surface area contributed by atoms with Gasteiger partial charge in [-0.05, 0) is 57.9 Å².